The highest BCUT2D eigenvalue weighted by atomic mass is 32.1. The maximum absolute atomic E-state index is 12.3. The quantitative estimate of drug-likeness (QED) is 0.454. The SMILES string of the molecule is COC(=O)c1ccc(C#CCN2C(=O)CCC2CC[C@@H](O)[C@@H](C)CCc2ccccc2)s1. The molecule has 1 fully saturated rings. The maximum Gasteiger partial charge on any atom is 0.348 e. The van der Waals surface area contributed by atoms with Crippen molar-refractivity contribution in [3.05, 3.63) is 57.8 Å². The number of likely N-dealkylation sites (tertiary alicyclic amines) is 1. The van der Waals surface area contributed by atoms with Gasteiger partial charge in [0.15, 0.2) is 0 Å². The van der Waals surface area contributed by atoms with Crippen LogP contribution < -0.4 is 0 Å². The molecule has 1 N–H and O–H groups in total. The van der Waals surface area contributed by atoms with Crippen LogP contribution in [0.1, 0.15) is 59.1 Å². The van der Waals surface area contributed by atoms with Gasteiger partial charge in [-0.05, 0) is 55.7 Å². The molecule has 1 unspecified atom stereocenters. The van der Waals surface area contributed by atoms with Crippen LogP contribution in [0.4, 0.5) is 0 Å². The first-order chi connectivity index (χ1) is 15.5. The monoisotopic (exact) mass is 453 g/mol. The summed E-state index contributed by atoms with van der Waals surface area (Å²) in [6, 6.07) is 14.0. The minimum atomic E-state index is -0.370. The molecule has 32 heavy (non-hydrogen) atoms. The summed E-state index contributed by atoms with van der Waals surface area (Å²) in [5.41, 5.74) is 1.29. The third-order valence-corrected chi connectivity index (χ3v) is 7.07. The van der Waals surface area contributed by atoms with Gasteiger partial charge in [-0.25, -0.2) is 4.79 Å². The van der Waals surface area contributed by atoms with Gasteiger partial charge < -0.3 is 14.7 Å². The van der Waals surface area contributed by atoms with Crippen molar-refractivity contribution in [1.29, 1.82) is 0 Å². The molecule has 0 spiro atoms. The molecule has 6 heteroatoms. The summed E-state index contributed by atoms with van der Waals surface area (Å²) >= 11 is 1.29. The fourth-order valence-electron chi connectivity index (χ4n) is 4.02. The Labute approximate surface area is 194 Å². The standard InChI is InChI=1S/C26H31NO4S/c1-19(10-11-20-7-4-3-5-8-20)23(28)15-12-21-13-17-25(29)27(21)18-6-9-22-14-16-24(32-22)26(30)31-2/h3-5,7-8,14,16,19,21,23,28H,10-13,15,17-18H2,1-2H3/t19-,21?,23+/m0/s1. The summed E-state index contributed by atoms with van der Waals surface area (Å²) < 4.78 is 4.71. The molecule has 1 amide bonds. The normalized spacial score (nSPS) is 17.5. The molecule has 0 radical (unpaired) electrons. The van der Waals surface area contributed by atoms with E-state index < -0.39 is 0 Å². The Morgan fingerprint density at radius 3 is 2.78 bits per heavy atom. The number of aryl methyl sites for hydroxylation is 1. The van der Waals surface area contributed by atoms with Gasteiger partial charge in [-0.2, -0.15) is 0 Å². The molecule has 5 nitrogen and oxygen atoms in total. The van der Waals surface area contributed by atoms with E-state index in [-0.39, 0.29) is 29.9 Å². The van der Waals surface area contributed by atoms with Gasteiger partial charge >= 0.3 is 5.97 Å². The van der Waals surface area contributed by atoms with E-state index in [1.165, 1.54) is 24.0 Å². The second-order valence-corrected chi connectivity index (χ2v) is 9.40. The Balaban J connectivity index is 1.47. The molecule has 1 aromatic heterocycles. The number of hydrogen-bond donors (Lipinski definition) is 1. The maximum atomic E-state index is 12.3. The molecular weight excluding hydrogens is 422 g/mol. The minimum Gasteiger partial charge on any atom is -0.465 e. The number of benzene rings is 1. The lowest BCUT2D eigenvalue weighted by molar-refractivity contribution is -0.128. The van der Waals surface area contributed by atoms with Crippen molar-refractivity contribution in [3.8, 4) is 11.8 Å². The highest BCUT2D eigenvalue weighted by molar-refractivity contribution is 7.14. The number of thiophene rings is 1. The molecule has 3 atom stereocenters. The number of nitrogens with zero attached hydrogens (tertiary/aromatic N) is 1. The third-order valence-electron chi connectivity index (χ3n) is 6.09. The van der Waals surface area contributed by atoms with Gasteiger partial charge in [-0.15, -0.1) is 11.3 Å². The van der Waals surface area contributed by atoms with Crippen molar-refractivity contribution in [1.82, 2.24) is 4.90 Å². The molecule has 3 rings (SSSR count). The molecule has 0 bridgehead atoms. The Morgan fingerprint density at radius 2 is 2.03 bits per heavy atom. The lowest BCUT2D eigenvalue weighted by Gasteiger charge is -2.25. The van der Waals surface area contributed by atoms with Crippen molar-refractivity contribution in [2.45, 2.75) is 57.6 Å². The van der Waals surface area contributed by atoms with Crippen molar-refractivity contribution in [2.75, 3.05) is 13.7 Å². The number of rotatable bonds is 9. The zero-order valence-electron chi connectivity index (χ0n) is 18.8. The highest BCUT2D eigenvalue weighted by Crippen LogP contribution is 2.25. The van der Waals surface area contributed by atoms with E-state index in [9.17, 15) is 14.7 Å². The van der Waals surface area contributed by atoms with Crippen LogP contribution >= 0.6 is 11.3 Å². The molecule has 1 saturated heterocycles. The van der Waals surface area contributed by atoms with E-state index >= 15 is 0 Å². The van der Waals surface area contributed by atoms with Crippen LogP contribution in [0.3, 0.4) is 0 Å². The van der Waals surface area contributed by atoms with E-state index in [1.54, 1.807) is 12.1 Å². The number of carbonyl (C=O) groups is 2. The minimum absolute atomic E-state index is 0.123. The molecule has 0 saturated carbocycles. The molecule has 1 aliphatic heterocycles. The van der Waals surface area contributed by atoms with Gasteiger partial charge in [0, 0.05) is 12.5 Å². The number of amides is 1. The number of hydrogen-bond acceptors (Lipinski definition) is 5. The van der Waals surface area contributed by atoms with E-state index in [0.29, 0.717) is 24.3 Å². The Hall–Kier alpha value is -2.62. The molecule has 2 aromatic rings. The zero-order valence-corrected chi connectivity index (χ0v) is 19.6. The predicted molar refractivity (Wildman–Crippen MR) is 126 cm³/mol. The number of methoxy groups -OCH3 is 1. The lowest BCUT2D eigenvalue weighted by atomic mass is 9.92. The van der Waals surface area contributed by atoms with E-state index in [4.69, 9.17) is 4.74 Å². The van der Waals surface area contributed by atoms with Crippen LogP contribution in [0.5, 0.6) is 0 Å². The summed E-state index contributed by atoms with van der Waals surface area (Å²) in [5.74, 6) is 6.09. The van der Waals surface area contributed by atoms with Crippen LogP contribution in [-0.2, 0) is 16.0 Å². The molecular formula is C26H31NO4S. The summed E-state index contributed by atoms with van der Waals surface area (Å²) in [6.07, 6.45) is 4.36. The van der Waals surface area contributed by atoms with Crippen LogP contribution in [0.25, 0.3) is 0 Å². The second kappa shape index (κ2) is 11.8. The predicted octanol–water partition coefficient (Wildman–Crippen LogP) is 4.29. The first-order valence-electron chi connectivity index (χ1n) is 11.2. The first kappa shape index (κ1) is 24.0. The van der Waals surface area contributed by atoms with Gasteiger partial charge in [-0.1, -0.05) is 49.1 Å². The average molecular weight is 454 g/mol. The van der Waals surface area contributed by atoms with E-state index in [0.717, 1.165) is 30.6 Å². The van der Waals surface area contributed by atoms with Gasteiger partial charge in [0.05, 0.1) is 24.6 Å². The number of aliphatic hydroxyl groups is 1. The van der Waals surface area contributed by atoms with Crippen molar-refractivity contribution in [2.24, 2.45) is 5.92 Å². The van der Waals surface area contributed by atoms with Crippen LogP contribution in [-0.4, -0.2) is 47.7 Å². The molecule has 1 aliphatic rings. The van der Waals surface area contributed by atoms with Gasteiger partial charge in [-0.3, -0.25) is 4.79 Å². The number of carbonyl (C=O) groups excluding carboxylic acids is 2. The fourth-order valence-corrected chi connectivity index (χ4v) is 4.82. The Kier molecular flexibility index (Phi) is 8.90. The van der Waals surface area contributed by atoms with Crippen molar-refractivity contribution < 1.29 is 19.4 Å². The molecule has 0 aliphatic carbocycles. The van der Waals surface area contributed by atoms with Crippen LogP contribution in [0.15, 0.2) is 42.5 Å². The van der Waals surface area contributed by atoms with Crippen molar-refractivity contribution >= 4 is 23.2 Å². The summed E-state index contributed by atoms with van der Waals surface area (Å²) in [4.78, 5) is 27.0. The molecule has 2 heterocycles. The van der Waals surface area contributed by atoms with Crippen molar-refractivity contribution in [3.63, 3.8) is 0 Å². The summed E-state index contributed by atoms with van der Waals surface area (Å²) in [6.45, 7) is 2.47. The van der Waals surface area contributed by atoms with Crippen LogP contribution in [0, 0.1) is 17.8 Å². The average Bonchev–Trinajstić information content (AvgIpc) is 3.43. The Morgan fingerprint density at radius 1 is 1.25 bits per heavy atom. The smallest absolute Gasteiger partial charge is 0.348 e. The van der Waals surface area contributed by atoms with Gasteiger partial charge in [0.25, 0.3) is 0 Å². The van der Waals surface area contributed by atoms with Crippen LogP contribution in [0.2, 0.25) is 0 Å². The van der Waals surface area contributed by atoms with Gasteiger partial charge in [0.1, 0.15) is 4.88 Å². The topological polar surface area (TPSA) is 66.8 Å². The Bertz CT molecular complexity index is 959. The van der Waals surface area contributed by atoms with Gasteiger partial charge in [0.2, 0.25) is 5.91 Å². The number of esters is 1. The fraction of sp³-hybridized carbons (Fsp3) is 0.462. The lowest BCUT2D eigenvalue weighted by Crippen LogP contribution is -2.34. The first-order valence-corrected chi connectivity index (χ1v) is 12.0. The van der Waals surface area contributed by atoms with E-state index in [2.05, 4.69) is 30.9 Å². The highest BCUT2D eigenvalue weighted by Gasteiger charge is 2.30. The molecule has 1 aromatic carbocycles. The summed E-state index contributed by atoms with van der Waals surface area (Å²) in [7, 11) is 1.35. The molecule has 170 valence electrons. The number of aliphatic hydroxyl groups excluding tert-OH is 1. The zero-order chi connectivity index (χ0) is 22.9. The second-order valence-electron chi connectivity index (χ2n) is 8.32. The third kappa shape index (κ3) is 6.69. The largest absolute Gasteiger partial charge is 0.465 e. The number of ether oxygens (including phenoxy) is 1. The summed E-state index contributed by atoms with van der Waals surface area (Å²) in [5, 5.41) is 10.6. The van der Waals surface area contributed by atoms with E-state index in [1.807, 2.05) is 23.1 Å².